The van der Waals surface area contributed by atoms with Crippen molar-refractivity contribution in [1.82, 2.24) is 4.90 Å². The SMILES string of the molecule is CCCCOC[N+]1=C(CCCC)N(CC)CC1. The van der Waals surface area contributed by atoms with Gasteiger partial charge in [0.15, 0.2) is 6.73 Å². The van der Waals surface area contributed by atoms with Gasteiger partial charge in [-0.25, -0.2) is 4.58 Å². The molecule has 0 amide bonds. The molecule has 1 heterocycles. The maximum absolute atomic E-state index is 5.74. The van der Waals surface area contributed by atoms with Crippen molar-refractivity contribution in [1.29, 1.82) is 0 Å². The van der Waals surface area contributed by atoms with E-state index in [0.29, 0.717) is 0 Å². The number of hydrogen-bond acceptors (Lipinski definition) is 2. The third kappa shape index (κ3) is 4.66. The summed E-state index contributed by atoms with van der Waals surface area (Å²) in [5.41, 5.74) is 0. The number of amidine groups is 1. The Morgan fingerprint density at radius 3 is 2.59 bits per heavy atom. The van der Waals surface area contributed by atoms with Crippen LogP contribution >= 0.6 is 0 Å². The van der Waals surface area contributed by atoms with Crippen LogP contribution in [0, 0.1) is 0 Å². The van der Waals surface area contributed by atoms with E-state index in [1.807, 2.05) is 0 Å². The second kappa shape index (κ2) is 8.51. The maximum atomic E-state index is 5.74. The van der Waals surface area contributed by atoms with E-state index in [0.717, 1.165) is 26.4 Å². The Bertz CT molecular complexity index is 238. The Morgan fingerprint density at radius 1 is 1.18 bits per heavy atom. The number of unbranched alkanes of at least 4 members (excludes halogenated alkanes) is 2. The van der Waals surface area contributed by atoms with Crippen LogP contribution in [0.3, 0.4) is 0 Å². The van der Waals surface area contributed by atoms with Gasteiger partial charge in [-0.2, -0.15) is 0 Å². The van der Waals surface area contributed by atoms with E-state index in [2.05, 4.69) is 30.2 Å². The van der Waals surface area contributed by atoms with Gasteiger partial charge in [0.05, 0.1) is 13.2 Å². The fourth-order valence-corrected chi connectivity index (χ4v) is 2.25. The van der Waals surface area contributed by atoms with E-state index in [-0.39, 0.29) is 0 Å². The van der Waals surface area contributed by atoms with Gasteiger partial charge in [0, 0.05) is 6.42 Å². The lowest BCUT2D eigenvalue weighted by Crippen LogP contribution is -2.29. The summed E-state index contributed by atoms with van der Waals surface area (Å²) in [5, 5.41) is 0. The number of ether oxygens (including phenoxy) is 1. The van der Waals surface area contributed by atoms with E-state index < -0.39 is 0 Å². The van der Waals surface area contributed by atoms with E-state index in [1.165, 1.54) is 44.5 Å². The molecule has 0 atom stereocenters. The average molecular weight is 241 g/mol. The van der Waals surface area contributed by atoms with Crippen LogP contribution in [0.25, 0.3) is 0 Å². The van der Waals surface area contributed by atoms with Crippen molar-refractivity contribution in [3.05, 3.63) is 0 Å². The molecule has 0 aromatic rings. The Kier molecular flexibility index (Phi) is 7.25. The van der Waals surface area contributed by atoms with Crippen molar-refractivity contribution in [2.24, 2.45) is 0 Å². The number of likely N-dealkylation sites (N-methyl/N-ethyl adjacent to an activating group) is 1. The molecule has 0 aromatic heterocycles. The highest BCUT2D eigenvalue weighted by molar-refractivity contribution is 5.78. The number of hydrogen-bond donors (Lipinski definition) is 0. The fourth-order valence-electron chi connectivity index (χ4n) is 2.25. The molecule has 0 unspecified atom stereocenters. The first kappa shape index (κ1) is 14.5. The van der Waals surface area contributed by atoms with Crippen LogP contribution in [-0.4, -0.2) is 48.3 Å². The van der Waals surface area contributed by atoms with Crippen LogP contribution < -0.4 is 0 Å². The average Bonchev–Trinajstić information content (AvgIpc) is 2.74. The summed E-state index contributed by atoms with van der Waals surface area (Å²) < 4.78 is 8.16. The Labute approximate surface area is 106 Å². The van der Waals surface area contributed by atoms with Crippen molar-refractivity contribution < 1.29 is 9.31 Å². The highest BCUT2D eigenvalue weighted by Crippen LogP contribution is 2.08. The van der Waals surface area contributed by atoms with Gasteiger partial charge < -0.3 is 4.74 Å². The first-order chi connectivity index (χ1) is 8.33. The van der Waals surface area contributed by atoms with Crippen molar-refractivity contribution in [2.75, 3.05) is 33.0 Å². The Hall–Kier alpha value is -0.570. The van der Waals surface area contributed by atoms with Crippen LogP contribution in [0.4, 0.5) is 0 Å². The molecule has 0 radical (unpaired) electrons. The summed E-state index contributed by atoms with van der Waals surface area (Å²) in [7, 11) is 0. The lowest BCUT2D eigenvalue weighted by molar-refractivity contribution is -0.560. The standard InChI is InChI=1S/C14H29N2O/c1-4-7-9-14-15(6-3)10-11-16(14)13-17-12-8-5-2/h4-13H2,1-3H3/q+1. The molecule has 0 aromatic carbocycles. The van der Waals surface area contributed by atoms with Gasteiger partial charge in [-0.1, -0.05) is 26.7 Å². The third-order valence-corrected chi connectivity index (χ3v) is 3.39. The van der Waals surface area contributed by atoms with Crippen molar-refractivity contribution in [3.63, 3.8) is 0 Å². The van der Waals surface area contributed by atoms with Gasteiger partial charge in [-0.3, -0.25) is 4.90 Å². The molecule has 100 valence electrons. The number of nitrogens with zero attached hydrogens (tertiary/aromatic N) is 2. The summed E-state index contributed by atoms with van der Waals surface area (Å²) >= 11 is 0. The van der Waals surface area contributed by atoms with Gasteiger partial charge in [0.1, 0.15) is 13.1 Å². The molecule has 17 heavy (non-hydrogen) atoms. The molecule has 0 N–H and O–H groups in total. The molecule has 3 nitrogen and oxygen atoms in total. The molecule has 0 saturated heterocycles. The second-order valence-electron chi connectivity index (χ2n) is 4.75. The van der Waals surface area contributed by atoms with Gasteiger partial charge in [-0.05, 0) is 19.8 Å². The Balaban J connectivity index is 2.44. The molecule has 1 rings (SSSR count). The molecule has 0 aliphatic carbocycles. The topological polar surface area (TPSA) is 15.5 Å². The summed E-state index contributed by atoms with van der Waals surface area (Å²) in [6.07, 6.45) is 6.16. The third-order valence-electron chi connectivity index (χ3n) is 3.39. The van der Waals surface area contributed by atoms with Gasteiger partial charge >= 0.3 is 0 Å². The summed E-state index contributed by atoms with van der Waals surface area (Å²) in [6.45, 7) is 11.8. The highest BCUT2D eigenvalue weighted by atomic mass is 16.5. The van der Waals surface area contributed by atoms with E-state index in [9.17, 15) is 0 Å². The lowest BCUT2D eigenvalue weighted by Gasteiger charge is -2.11. The first-order valence-corrected chi connectivity index (χ1v) is 7.26. The largest absolute Gasteiger partial charge is 0.342 e. The van der Waals surface area contributed by atoms with Gasteiger partial charge in [-0.15, -0.1) is 0 Å². The van der Waals surface area contributed by atoms with Gasteiger partial charge in [0.2, 0.25) is 5.84 Å². The van der Waals surface area contributed by atoms with Gasteiger partial charge in [0.25, 0.3) is 0 Å². The quantitative estimate of drug-likeness (QED) is 0.455. The molecule has 0 fully saturated rings. The highest BCUT2D eigenvalue weighted by Gasteiger charge is 2.27. The van der Waals surface area contributed by atoms with Crippen LogP contribution in [0.2, 0.25) is 0 Å². The molecule has 3 heteroatoms. The molecule has 0 spiro atoms. The zero-order valence-corrected chi connectivity index (χ0v) is 11.9. The summed E-state index contributed by atoms with van der Waals surface area (Å²) in [6, 6.07) is 0. The number of rotatable bonds is 9. The summed E-state index contributed by atoms with van der Waals surface area (Å²) in [4.78, 5) is 2.50. The minimum absolute atomic E-state index is 0.787. The molecular formula is C14H29N2O+. The second-order valence-corrected chi connectivity index (χ2v) is 4.75. The normalized spacial score (nSPS) is 16.1. The molecular weight excluding hydrogens is 212 g/mol. The van der Waals surface area contributed by atoms with Crippen molar-refractivity contribution in [2.45, 2.75) is 52.9 Å². The first-order valence-electron chi connectivity index (χ1n) is 7.26. The Morgan fingerprint density at radius 2 is 1.94 bits per heavy atom. The maximum Gasteiger partial charge on any atom is 0.248 e. The van der Waals surface area contributed by atoms with Crippen molar-refractivity contribution >= 4 is 5.84 Å². The molecule has 1 aliphatic heterocycles. The van der Waals surface area contributed by atoms with E-state index in [4.69, 9.17) is 4.74 Å². The summed E-state index contributed by atoms with van der Waals surface area (Å²) in [5.74, 6) is 1.51. The van der Waals surface area contributed by atoms with Crippen LogP contribution in [0.5, 0.6) is 0 Å². The zero-order valence-electron chi connectivity index (χ0n) is 11.9. The predicted octanol–water partition coefficient (Wildman–Crippen LogP) is 2.70. The van der Waals surface area contributed by atoms with Crippen molar-refractivity contribution in [3.8, 4) is 0 Å². The fraction of sp³-hybridized carbons (Fsp3) is 0.929. The molecule has 0 bridgehead atoms. The molecule has 1 aliphatic rings. The minimum atomic E-state index is 0.787. The zero-order chi connectivity index (χ0) is 12.5. The van der Waals surface area contributed by atoms with Crippen LogP contribution in [-0.2, 0) is 4.74 Å². The lowest BCUT2D eigenvalue weighted by atomic mass is 10.2. The smallest absolute Gasteiger partial charge is 0.248 e. The molecule has 0 saturated carbocycles. The van der Waals surface area contributed by atoms with E-state index >= 15 is 0 Å². The predicted molar refractivity (Wildman–Crippen MR) is 72.6 cm³/mol. The minimum Gasteiger partial charge on any atom is -0.342 e. The van der Waals surface area contributed by atoms with E-state index in [1.54, 1.807) is 0 Å². The van der Waals surface area contributed by atoms with Crippen LogP contribution in [0.15, 0.2) is 0 Å². The monoisotopic (exact) mass is 241 g/mol. The van der Waals surface area contributed by atoms with Crippen LogP contribution in [0.1, 0.15) is 52.9 Å².